The van der Waals surface area contributed by atoms with Gasteiger partial charge in [0, 0.05) is 20.9 Å². The molecule has 234 valence electrons. The zero-order valence-electron chi connectivity index (χ0n) is 25.0. The minimum Gasteiger partial charge on any atom is -0.493 e. The molecule has 0 unspecified atom stereocenters. The van der Waals surface area contributed by atoms with Crippen molar-refractivity contribution in [3.63, 3.8) is 0 Å². The summed E-state index contributed by atoms with van der Waals surface area (Å²) in [5.74, 6) is 0.821. The summed E-state index contributed by atoms with van der Waals surface area (Å²) in [6, 6.07) is 14.5. The van der Waals surface area contributed by atoms with E-state index in [1.165, 1.54) is 31.1 Å². The summed E-state index contributed by atoms with van der Waals surface area (Å²) in [6.45, 7) is 4.52. The van der Waals surface area contributed by atoms with Gasteiger partial charge in [-0.25, -0.2) is 14.2 Å². The standard InChI is InChI=1S/C33H30FIN2O7S/c1-5-42-25-12-11-19(14-26(25)43-6-2)29-23(32(39)41-4)17-36-33-37(29)31(38)28(45-33)15-21-13-22(35)16-27(40-3)30(21)44-18-20-9-7-8-10-24(20)34/h7-17,29H,5-6,18H2,1-4H3/b28-15+/t29-/m0/s1. The Balaban J connectivity index is 1.65. The van der Waals surface area contributed by atoms with E-state index in [1.54, 1.807) is 48.5 Å². The number of fused-ring (bicyclic) bond motifs is 1. The highest BCUT2D eigenvalue weighted by Crippen LogP contribution is 2.36. The van der Waals surface area contributed by atoms with Gasteiger partial charge in [-0.3, -0.25) is 9.36 Å². The van der Waals surface area contributed by atoms with Gasteiger partial charge in [0.2, 0.25) is 0 Å². The van der Waals surface area contributed by atoms with Crippen LogP contribution in [0.5, 0.6) is 23.0 Å². The van der Waals surface area contributed by atoms with Crippen molar-refractivity contribution in [3.8, 4) is 23.0 Å². The van der Waals surface area contributed by atoms with Crippen molar-refractivity contribution in [2.75, 3.05) is 27.4 Å². The van der Waals surface area contributed by atoms with Crippen molar-refractivity contribution in [1.29, 1.82) is 0 Å². The molecule has 2 heterocycles. The van der Waals surface area contributed by atoms with E-state index >= 15 is 0 Å². The number of aromatic nitrogens is 1. The Kier molecular flexibility index (Phi) is 10.2. The van der Waals surface area contributed by atoms with E-state index < -0.39 is 12.0 Å². The maximum absolute atomic E-state index is 14.4. The molecule has 0 spiro atoms. The number of carbonyl (C=O) groups excluding carboxylic acids is 1. The predicted octanol–water partition coefficient (Wildman–Crippen LogP) is 5.15. The minimum absolute atomic E-state index is 0.0475. The maximum Gasteiger partial charge on any atom is 0.337 e. The second-order valence-corrected chi connectivity index (χ2v) is 11.9. The van der Waals surface area contributed by atoms with Gasteiger partial charge in [-0.15, -0.1) is 0 Å². The zero-order chi connectivity index (χ0) is 32.1. The molecule has 0 aliphatic carbocycles. The number of methoxy groups -OCH3 is 2. The Morgan fingerprint density at radius 2 is 1.78 bits per heavy atom. The number of hydrogen-bond acceptors (Lipinski definition) is 9. The number of hydrogen-bond donors (Lipinski definition) is 0. The van der Waals surface area contributed by atoms with Gasteiger partial charge in [0.15, 0.2) is 27.8 Å². The van der Waals surface area contributed by atoms with E-state index in [0.717, 1.165) is 14.9 Å². The molecule has 0 amide bonds. The number of nitrogens with zero attached hydrogens (tertiary/aromatic N) is 2. The number of esters is 1. The number of thiazole rings is 1. The largest absolute Gasteiger partial charge is 0.493 e. The van der Waals surface area contributed by atoms with Gasteiger partial charge in [0.1, 0.15) is 12.4 Å². The first-order chi connectivity index (χ1) is 21.8. The number of halogens is 2. The maximum atomic E-state index is 14.4. The van der Waals surface area contributed by atoms with Gasteiger partial charge in [0.25, 0.3) is 5.56 Å². The SMILES string of the molecule is CCOc1ccc([C@H]2C(C(=O)OC)=CN=c3s/c(=C/c4cc(I)cc(OC)c4OCc4ccccc4F)c(=O)n32)cc1OCC. The van der Waals surface area contributed by atoms with Crippen LogP contribution in [0.15, 0.2) is 76.2 Å². The van der Waals surface area contributed by atoms with Crippen molar-refractivity contribution in [2.24, 2.45) is 4.99 Å². The predicted molar refractivity (Wildman–Crippen MR) is 176 cm³/mol. The lowest BCUT2D eigenvalue weighted by molar-refractivity contribution is -0.136. The molecule has 1 atom stereocenters. The van der Waals surface area contributed by atoms with Gasteiger partial charge in [-0.05, 0) is 78.4 Å². The first-order valence-electron chi connectivity index (χ1n) is 14.0. The van der Waals surface area contributed by atoms with Crippen molar-refractivity contribution < 1.29 is 32.9 Å². The van der Waals surface area contributed by atoms with E-state index in [2.05, 4.69) is 27.6 Å². The Morgan fingerprint density at radius 1 is 1.02 bits per heavy atom. The lowest BCUT2D eigenvalue weighted by Gasteiger charge is -2.23. The van der Waals surface area contributed by atoms with Crippen molar-refractivity contribution >= 4 is 46.0 Å². The molecule has 0 N–H and O–H groups in total. The monoisotopic (exact) mass is 744 g/mol. The van der Waals surface area contributed by atoms with Crippen LogP contribution in [-0.2, 0) is 16.1 Å². The highest BCUT2D eigenvalue weighted by Gasteiger charge is 2.31. The Labute approximate surface area is 276 Å². The molecule has 0 fully saturated rings. The van der Waals surface area contributed by atoms with E-state index in [-0.39, 0.29) is 23.6 Å². The molecule has 45 heavy (non-hydrogen) atoms. The summed E-state index contributed by atoms with van der Waals surface area (Å²) in [7, 11) is 2.79. The third-order valence-electron chi connectivity index (χ3n) is 6.89. The Hall–Kier alpha value is -4.17. The van der Waals surface area contributed by atoms with Crippen LogP contribution in [0, 0.1) is 9.39 Å². The number of benzene rings is 3. The average molecular weight is 745 g/mol. The summed E-state index contributed by atoms with van der Waals surface area (Å²) < 4.78 is 45.3. The molecular formula is C33H30FIN2O7S. The first-order valence-corrected chi connectivity index (χ1v) is 15.9. The molecule has 3 aromatic carbocycles. The van der Waals surface area contributed by atoms with Crippen LogP contribution in [0.4, 0.5) is 4.39 Å². The van der Waals surface area contributed by atoms with E-state index in [9.17, 15) is 14.0 Å². The summed E-state index contributed by atoms with van der Waals surface area (Å²) >= 11 is 3.32. The number of ether oxygens (including phenoxy) is 5. The zero-order valence-corrected chi connectivity index (χ0v) is 27.9. The third kappa shape index (κ3) is 6.76. The number of rotatable bonds is 11. The lowest BCUT2D eigenvalue weighted by atomic mass is 9.97. The first kappa shape index (κ1) is 32.2. The molecule has 0 bridgehead atoms. The number of carbonyl (C=O) groups is 1. The Bertz CT molecular complexity index is 1950. The van der Waals surface area contributed by atoms with Crippen molar-refractivity contribution in [1.82, 2.24) is 4.57 Å². The van der Waals surface area contributed by atoms with Crippen molar-refractivity contribution in [3.05, 3.63) is 112 Å². The van der Waals surface area contributed by atoms with Gasteiger partial charge >= 0.3 is 5.97 Å². The lowest BCUT2D eigenvalue weighted by Crippen LogP contribution is -2.39. The Morgan fingerprint density at radius 3 is 2.49 bits per heavy atom. The average Bonchev–Trinajstić information content (AvgIpc) is 3.35. The molecule has 9 nitrogen and oxygen atoms in total. The normalized spacial score (nSPS) is 14.2. The molecule has 4 aromatic rings. The van der Waals surface area contributed by atoms with Crippen LogP contribution < -0.4 is 33.8 Å². The van der Waals surface area contributed by atoms with E-state index in [4.69, 9.17) is 23.7 Å². The smallest absolute Gasteiger partial charge is 0.337 e. The summed E-state index contributed by atoms with van der Waals surface area (Å²) in [6.07, 6.45) is 3.12. The summed E-state index contributed by atoms with van der Waals surface area (Å²) in [4.78, 5) is 31.9. The molecule has 0 saturated heterocycles. The highest BCUT2D eigenvalue weighted by molar-refractivity contribution is 14.1. The van der Waals surface area contributed by atoms with Gasteiger partial charge < -0.3 is 23.7 Å². The van der Waals surface area contributed by atoms with E-state index in [1.807, 2.05) is 19.9 Å². The summed E-state index contributed by atoms with van der Waals surface area (Å²) in [5.41, 5.74) is 1.37. The highest BCUT2D eigenvalue weighted by atomic mass is 127. The second kappa shape index (κ2) is 14.3. The third-order valence-corrected chi connectivity index (χ3v) is 8.51. The van der Waals surface area contributed by atoms with E-state index in [0.29, 0.717) is 62.2 Å². The fourth-order valence-corrected chi connectivity index (χ4v) is 6.47. The molecule has 5 rings (SSSR count). The molecule has 1 aliphatic rings. The quantitative estimate of drug-likeness (QED) is 0.155. The molecule has 1 aliphatic heterocycles. The van der Waals surface area contributed by atoms with Crippen LogP contribution in [0.3, 0.4) is 0 Å². The fraction of sp³-hybridized carbons (Fsp3) is 0.242. The second-order valence-electron chi connectivity index (χ2n) is 9.65. The van der Waals surface area contributed by atoms with Crippen LogP contribution in [0.2, 0.25) is 0 Å². The van der Waals surface area contributed by atoms with Crippen LogP contribution in [0.25, 0.3) is 6.08 Å². The van der Waals surface area contributed by atoms with Gasteiger partial charge in [0.05, 0.1) is 43.6 Å². The van der Waals surface area contributed by atoms with Gasteiger partial charge in [-0.2, -0.15) is 0 Å². The van der Waals surface area contributed by atoms with Crippen LogP contribution >= 0.6 is 33.9 Å². The molecule has 12 heteroatoms. The fourth-order valence-electron chi connectivity index (χ4n) is 4.90. The molecule has 0 radical (unpaired) electrons. The minimum atomic E-state index is -0.840. The molecular weight excluding hydrogens is 714 g/mol. The van der Waals surface area contributed by atoms with Crippen LogP contribution in [-0.4, -0.2) is 38.0 Å². The van der Waals surface area contributed by atoms with Crippen LogP contribution in [0.1, 0.15) is 36.6 Å². The molecule has 1 aromatic heterocycles. The summed E-state index contributed by atoms with van der Waals surface area (Å²) in [5, 5.41) is 0. The van der Waals surface area contributed by atoms with Gasteiger partial charge in [-0.1, -0.05) is 35.6 Å². The molecule has 0 saturated carbocycles. The topological polar surface area (TPSA) is 97.6 Å². The van der Waals surface area contributed by atoms with Crippen molar-refractivity contribution in [2.45, 2.75) is 26.5 Å².